The van der Waals surface area contributed by atoms with E-state index in [9.17, 15) is 4.79 Å². The molecule has 1 aromatic carbocycles. The molecule has 1 aromatic heterocycles. The molecule has 23 heavy (non-hydrogen) atoms. The number of aromatic nitrogens is 2. The van der Waals surface area contributed by atoms with Crippen molar-refractivity contribution < 1.29 is 9.32 Å². The summed E-state index contributed by atoms with van der Waals surface area (Å²) < 4.78 is 5.31. The zero-order chi connectivity index (χ0) is 16.4. The van der Waals surface area contributed by atoms with Crippen molar-refractivity contribution >= 4 is 5.91 Å². The number of fused-ring (bicyclic) bond motifs is 1. The summed E-state index contributed by atoms with van der Waals surface area (Å²) in [6.45, 7) is 5.96. The predicted molar refractivity (Wildman–Crippen MR) is 85.7 cm³/mol. The van der Waals surface area contributed by atoms with Gasteiger partial charge in [0.05, 0.1) is 13.0 Å². The van der Waals surface area contributed by atoms with E-state index in [2.05, 4.69) is 58.5 Å². The summed E-state index contributed by atoms with van der Waals surface area (Å²) in [4.78, 5) is 18.1. The van der Waals surface area contributed by atoms with E-state index >= 15 is 0 Å². The number of rotatable bonds is 4. The van der Waals surface area contributed by atoms with E-state index < -0.39 is 0 Å². The molecule has 1 N–H and O–H groups in total. The number of carbonyl (C=O) groups excluding carboxylic acids is 1. The van der Waals surface area contributed by atoms with E-state index in [1.165, 1.54) is 11.1 Å². The highest BCUT2D eigenvalue weighted by Crippen LogP contribution is 2.35. The normalized spacial score (nSPS) is 16.8. The fraction of sp³-hybridized carbons (Fsp3) is 0.471. The van der Waals surface area contributed by atoms with Gasteiger partial charge in [-0.3, -0.25) is 9.69 Å². The second kappa shape index (κ2) is 6.12. The fourth-order valence-electron chi connectivity index (χ4n) is 3.14. The smallest absolute Gasteiger partial charge is 0.240 e. The van der Waals surface area contributed by atoms with Crippen LogP contribution in [0.2, 0.25) is 0 Å². The van der Waals surface area contributed by atoms with Crippen LogP contribution in [0.25, 0.3) is 0 Å². The van der Waals surface area contributed by atoms with Gasteiger partial charge in [0.15, 0.2) is 5.82 Å². The summed E-state index contributed by atoms with van der Waals surface area (Å²) in [6.07, 6.45) is 1.16. The van der Waals surface area contributed by atoms with Crippen LogP contribution in [0.15, 0.2) is 28.8 Å². The van der Waals surface area contributed by atoms with E-state index in [-0.39, 0.29) is 17.9 Å². The van der Waals surface area contributed by atoms with Crippen LogP contribution in [-0.2, 0) is 29.7 Å². The minimum Gasteiger partial charge on any atom is -0.359 e. The average Bonchev–Trinajstić information content (AvgIpc) is 2.97. The molecule has 1 amide bonds. The van der Waals surface area contributed by atoms with Crippen LogP contribution in [-0.4, -0.2) is 34.5 Å². The number of nitrogens with one attached hydrogen (secondary N) is 1. The Hall–Kier alpha value is -2.21. The Bertz CT molecular complexity index is 708. The Balaban J connectivity index is 1.75. The zero-order valence-corrected chi connectivity index (χ0v) is 13.8. The molecule has 2 aromatic rings. The molecule has 0 spiro atoms. The molecule has 0 aliphatic carbocycles. The van der Waals surface area contributed by atoms with Crippen molar-refractivity contribution in [1.82, 2.24) is 20.4 Å². The molecule has 0 fully saturated rings. The second-order valence-electron chi connectivity index (χ2n) is 6.34. The van der Waals surface area contributed by atoms with Crippen LogP contribution in [0, 0.1) is 0 Å². The molecular formula is C17H22N4O2. The molecule has 0 saturated carbocycles. The largest absolute Gasteiger partial charge is 0.359 e. The van der Waals surface area contributed by atoms with Gasteiger partial charge in [0.25, 0.3) is 0 Å². The van der Waals surface area contributed by atoms with Crippen LogP contribution < -0.4 is 5.32 Å². The van der Waals surface area contributed by atoms with Gasteiger partial charge in [-0.25, -0.2) is 0 Å². The highest BCUT2D eigenvalue weighted by molar-refractivity contribution is 5.77. The van der Waals surface area contributed by atoms with Gasteiger partial charge in [-0.15, -0.1) is 0 Å². The van der Waals surface area contributed by atoms with Gasteiger partial charge in [-0.2, -0.15) is 4.98 Å². The minimum atomic E-state index is -0.121. The molecule has 122 valence electrons. The first-order valence-corrected chi connectivity index (χ1v) is 7.86. The summed E-state index contributed by atoms with van der Waals surface area (Å²) in [5.74, 6) is 0.857. The number of amides is 1. The van der Waals surface area contributed by atoms with Gasteiger partial charge in [0.1, 0.15) is 0 Å². The standard InChI is InChI=1S/C17H22N4O2/c1-17(2)13-7-5-4-6-12(13)8-9-21(17)11-16-19-14(20-23-16)10-15(22)18-3/h4-7H,8-11H2,1-3H3,(H,18,22). The van der Waals surface area contributed by atoms with E-state index in [4.69, 9.17) is 4.52 Å². The average molecular weight is 314 g/mol. The van der Waals surface area contributed by atoms with Crippen molar-refractivity contribution in [1.29, 1.82) is 0 Å². The first-order valence-electron chi connectivity index (χ1n) is 7.86. The third kappa shape index (κ3) is 3.12. The quantitative estimate of drug-likeness (QED) is 0.929. The van der Waals surface area contributed by atoms with Gasteiger partial charge in [0.2, 0.25) is 11.8 Å². The van der Waals surface area contributed by atoms with E-state index in [0.29, 0.717) is 18.3 Å². The van der Waals surface area contributed by atoms with Crippen LogP contribution in [0.1, 0.15) is 36.7 Å². The van der Waals surface area contributed by atoms with Crippen molar-refractivity contribution in [2.24, 2.45) is 0 Å². The maximum Gasteiger partial charge on any atom is 0.240 e. The lowest BCUT2D eigenvalue weighted by molar-refractivity contribution is -0.120. The lowest BCUT2D eigenvalue weighted by Crippen LogP contribution is -2.46. The molecule has 0 bridgehead atoms. The van der Waals surface area contributed by atoms with E-state index in [0.717, 1.165) is 13.0 Å². The highest BCUT2D eigenvalue weighted by atomic mass is 16.5. The van der Waals surface area contributed by atoms with Crippen molar-refractivity contribution in [3.05, 3.63) is 47.1 Å². The first kappa shape index (κ1) is 15.7. The van der Waals surface area contributed by atoms with Crippen LogP contribution in [0.5, 0.6) is 0 Å². The van der Waals surface area contributed by atoms with Crippen LogP contribution in [0.3, 0.4) is 0 Å². The Morgan fingerprint density at radius 1 is 1.39 bits per heavy atom. The topological polar surface area (TPSA) is 71.3 Å². The molecule has 2 heterocycles. The number of likely N-dealkylation sites (N-methyl/N-ethyl adjacent to an activating group) is 1. The van der Waals surface area contributed by atoms with Gasteiger partial charge >= 0.3 is 0 Å². The van der Waals surface area contributed by atoms with Crippen molar-refractivity contribution in [3.63, 3.8) is 0 Å². The molecule has 0 atom stereocenters. The predicted octanol–water partition coefficient (Wildman–Crippen LogP) is 1.65. The molecule has 6 heteroatoms. The molecule has 0 radical (unpaired) electrons. The molecule has 1 aliphatic heterocycles. The summed E-state index contributed by atoms with van der Waals surface area (Å²) in [6, 6.07) is 8.56. The van der Waals surface area contributed by atoms with Gasteiger partial charge in [-0.1, -0.05) is 29.4 Å². The van der Waals surface area contributed by atoms with Crippen LogP contribution in [0.4, 0.5) is 0 Å². The molecule has 0 saturated heterocycles. The van der Waals surface area contributed by atoms with Gasteiger partial charge in [0, 0.05) is 19.1 Å². The number of hydrogen-bond acceptors (Lipinski definition) is 5. The van der Waals surface area contributed by atoms with E-state index in [1.807, 2.05) is 0 Å². The van der Waals surface area contributed by atoms with E-state index in [1.54, 1.807) is 7.05 Å². The first-order chi connectivity index (χ1) is 11.0. The molecular weight excluding hydrogens is 292 g/mol. The van der Waals surface area contributed by atoms with Crippen molar-refractivity contribution in [2.45, 2.75) is 38.8 Å². The lowest BCUT2D eigenvalue weighted by Gasteiger charge is -2.43. The Labute approximate surface area is 135 Å². The summed E-state index contributed by atoms with van der Waals surface area (Å²) >= 11 is 0. The SMILES string of the molecule is CNC(=O)Cc1noc(CN2CCc3ccccc3C2(C)C)n1. The minimum absolute atomic E-state index is 0.0930. The van der Waals surface area contributed by atoms with Gasteiger partial charge in [-0.05, 0) is 31.4 Å². The summed E-state index contributed by atoms with van der Waals surface area (Å²) in [7, 11) is 1.59. The maximum atomic E-state index is 11.4. The molecule has 6 nitrogen and oxygen atoms in total. The summed E-state index contributed by atoms with van der Waals surface area (Å²) in [5.41, 5.74) is 2.65. The Kier molecular flexibility index (Phi) is 4.17. The third-order valence-electron chi connectivity index (χ3n) is 4.55. The van der Waals surface area contributed by atoms with Crippen LogP contribution >= 0.6 is 0 Å². The van der Waals surface area contributed by atoms with Crippen molar-refractivity contribution in [3.8, 4) is 0 Å². The number of hydrogen-bond donors (Lipinski definition) is 1. The Morgan fingerprint density at radius 2 is 2.17 bits per heavy atom. The summed E-state index contributed by atoms with van der Waals surface area (Å²) in [5, 5.41) is 6.45. The zero-order valence-electron chi connectivity index (χ0n) is 13.8. The number of benzene rings is 1. The molecule has 0 unspecified atom stereocenters. The highest BCUT2D eigenvalue weighted by Gasteiger charge is 2.35. The fourth-order valence-corrected chi connectivity index (χ4v) is 3.14. The van der Waals surface area contributed by atoms with Crippen molar-refractivity contribution in [2.75, 3.05) is 13.6 Å². The lowest BCUT2D eigenvalue weighted by atomic mass is 9.83. The number of nitrogens with zero attached hydrogens (tertiary/aromatic N) is 3. The second-order valence-corrected chi connectivity index (χ2v) is 6.34. The molecule has 3 rings (SSSR count). The maximum absolute atomic E-state index is 11.4. The monoisotopic (exact) mass is 314 g/mol. The number of carbonyl (C=O) groups is 1. The molecule has 1 aliphatic rings. The Morgan fingerprint density at radius 3 is 2.96 bits per heavy atom. The third-order valence-corrected chi connectivity index (χ3v) is 4.55. The van der Waals surface area contributed by atoms with Gasteiger partial charge < -0.3 is 9.84 Å².